The number of amides is 1. The lowest BCUT2D eigenvalue weighted by atomic mass is 10.2. The molecule has 1 amide bonds. The van der Waals surface area contributed by atoms with Gasteiger partial charge in [0.2, 0.25) is 0 Å². The zero-order valence-corrected chi connectivity index (χ0v) is 20.1. The molecule has 0 saturated heterocycles. The summed E-state index contributed by atoms with van der Waals surface area (Å²) < 4.78 is 32.7. The lowest BCUT2D eigenvalue weighted by Gasteiger charge is -2.22. The highest BCUT2D eigenvalue weighted by Gasteiger charge is 2.30. The number of nitrogens with zero attached hydrogens (tertiary/aromatic N) is 1. The average Bonchev–Trinajstić information content (AvgIpc) is 2.73. The average molecular weight is 511 g/mol. The van der Waals surface area contributed by atoms with Gasteiger partial charge in [-0.3, -0.25) is 4.79 Å². The Hall–Kier alpha value is -2.51. The van der Waals surface area contributed by atoms with Crippen molar-refractivity contribution in [3.05, 3.63) is 92.9 Å². The van der Waals surface area contributed by atoms with E-state index < -0.39 is 15.9 Å². The topological polar surface area (TPSA) is 63.7 Å². The number of sulfonamides is 1. The Morgan fingerprint density at radius 2 is 1.62 bits per heavy atom. The predicted molar refractivity (Wildman–Crippen MR) is 129 cm³/mol. The van der Waals surface area contributed by atoms with Crippen LogP contribution in [0.1, 0.15) is 11.1 Å². The quantitative estimate of drug-likeness (QED) is 0.360. The summed E-state index contributed by atoms with van der Waals surface area (Å²) in [7, 11) is -2.81. The molecule has 3 rings (SSSR count). The number of carbonyl (C=O) groups is 1. The molecule has 0 heterocycles. The summed E-state index contributed by atoms with van der Waals surface area (Å²) in [5, 5.41) is 0.920. The van der Waals surface area contributed by atoms with Crippen LogP contribution in [0.3, 0.4) is 0 Å². The fraction of sp³-hybridized carbons (Fsp3) is 0.0870. The standard InChI is InChI=1S/C23H18Cl3NO4S/c1-15-3-9-19(10-4-15)32(29,30)27(18-8-11-22(31-2)21(26)14-18)23(28)12-6-16-5-7-17(24)13-20(16)25/h3-14H,1-2H3/b12-6+. The van der Waals surface area contributed by atoms with Gasteiger partial charge in [-0.05, 0) is 61.0 Å². The van der Waals surface area contributed by atoms with Crippen LogP contribution in [0.2, 0.25) is 15.1 Å². The first-order valence-electron chi connectivity index (χ1n) is 9.26. The summed E-state index contributed by atoms with van der Waals surface area (Å²) >= 11 is 18.3. The molecule has 32 heavy (non-hydrogen) atoms. The van der Waals surface area contributed by atoms with Gasteiger partial charge in [0.1, 0.15) is 5.75 Å². The van der Waals surface area contributed by atoms with Crippen LogP contribution < -0.4 is 9.04 Å². The molecule has 0 aromatic heterocycles. The van der Waals surface area contributed by atoms with Crippen LogP contribution in [0.15, 0.2) is 71.6 Å². The van der Waals surface area contributed by atoms with E-state index in [9.17, 15) is 13.2 Å². The molecular formula is C23H18Cl3NO4S. The molecule has 0 aliphatic heterocycles. The van der Waals surface area contributed by atoms with Gasteiger partial charge in [-0.1, -0.05) is 58.6 Å². The highest BCUT2D eigenvalue weighted by atomic mass is 35.5. The van der Waals surface area contributed by atoms with Crippen LogP contribution in [-0.4, -0.2) is 21.4 Å². The van der Waals surface area contributed by atoms with Gasteiger partial charge >= 0.3 is 0 Å². The normalized spacial score (nSPS) is 11.5. The molecule has 0 saturated carbocycles. The summed E-state index contributed by atoms with van der Waals surface area (Å²) in [5.41, 5.74) is 1.45. The Balaban J connectivity index is 2.09. The van der Waals surface area contributed by atoms with E-state index in [-0.39, 0.29) is 15.6 Å². The second-order valence-corrected chi connectivity index (χ2v) is 9.78. The lowest BCUT2D eigenvalue weighted by molar-refractivity contribution is -0.113. The number of halogens is 3. The first-order valence-corrected chi connectivity index (χ1v) is 11.8. The Morgan fingerprint density at radius 1 is 0.938 bits per heavy atom. The Kier molecular flexibility index (Phi) is 7.51. The van der Waals surface area contributed by atoms with Gasteiger partial charge in [0, 0.05) is 16.1 Å². The van der Waals surface area contributed by atoms with Crippen LogP contribution in [0.4, 0.5) is 5.69 Å². The number of ether oxygens (including phenoxy) is 1. The molecule has 5 nitrogen and oxygen atoms in total. The summed E-state index contributed by atoms with van der Waals surface area (Å²) in [6.45, 7) is 1.83. The third kappa shape index (κ3) is 5.27. The maximum Gasteiger partial charge on any atom is 0.271 e. The molecule has 0 atom stereocenters. The molecule has 0 aliphatic carbocycles. The number of methoxy groups -OCH3 is 1. The van der Waals surface area contributed by atoms with Gasteiger partial charge in [-0.25, -0.2) is 8.42 Å². The Bertz CT molecular complexity index is 1290. The highest BCUT2D eigenvalue weighted by molar-refractivity contribution is 7.93. The summed E-state index contributed by atoms with van der Waals surface area (Å²) in [6, 6.07) is 15.2. The number of aryl methyl sites for hydroxylation is 1. The minimum atomic E-state index is -4.25. The summed E-state index contributed by atoms with van der Waals surface area (Å²) in [4.78, 5) is 13.1. The summed E-state index contributed by atoms with van der Waals surface area (Å²) in [5.74, 6) is -0.461. The molecule has 0 fully saturated rings. The van der Waals surface area contributed by atoms with Gasteiger partial charge in [0.25, 0.3) is 15.9 Å². The third-order valence-corrected chi connectivity index (χ3v) is 7.09. The van der Waals surface area contributed by atoms with Crippen LogP contribution in [0.5, 0.6) is 5.75 Å². The fourth-order valence-corrected chi connectivity index (χ4v) is 4.95. The van der Waals surface area contributed by atoms with Crippen molar-refractivity contribution in [2.75, 3.05) is 11.4 Å². The molecule has 3 aromatic rings. The smallest absolute Gasteiger partial charge is 0.271 e. The molecule has 0 radical (unpaired) electrons. The van der Waals surface area contributed by atoms with Crippen LogP contribution in [0.25, 0.3) is 6.08 Å². The Morgan fingerprint density at radius 3 is 2.22 bits per heavy atom. The van der Waals surface area contributed by atoms with Crippen LogP contribution in [-0.2, 0) is 14.8 Å². The van der Waals surface area contributed by atoms with E-state index in [0.29, 0.717) is 25.7 Å². The first kappa shape index (κ1) is 24.1. The maximum absolute atomic E-state index is 13.4. The van der Waals surface area contributed by atoms with Crippen molar-refractivity contribution in [1.29, 1.82) is 0 Å². The lowest BCUT2D eigenvalue weighted by Crippen LogP contribution is -2.35. The van der Waals surface area contributed by atoms with Gasteiger partial charge < -0.3 is 4.74 Å². The van der Waals surface area contributed by atoms with Crippen LogP contribution in [0, 0.1) is 6.92 Å². The van der Waals surface area contributed by atoms with E-state index in [1.54, 1.807) is 24.3 Å². The molecule has 0 N–H and O–H groups in total. The van der Waals surface area contributed by atoms with Crippen molar-refractivity contribution in [2.45, 2.75) is 11.8 Å². The number of carbonyl (C=O) groups excluding carboxylic acids is 1. The zero-order valence-electron chi connectivity index (χ0n) is 17.1. The summed E-state index contributed by atoms with van der Waals surface area (Å²) in [6.07, 6.45) is 2.54. The first-order chi connectivity index (χ1) is 15.1. The van der Waals surface area contributed by atoms with Crippen molar-refractivity contribution in [1.82, 2.24) is 0 Å². The van der Waals surface area contributed by atoms with Crippen molar-refractivity contribution >= 4 is 62.5 Å². The van der Waals surface area contributed by atoms with Gasteiger partial charge in [0.15, 0.2) is 0 Å². The van der Waals surface area contributed by atoms with Gasteiger partial charge in [0.05, 0.1) is 22.7 Å². The van der Waals surface area contributed by atoms with Crippen molar-refractivity contribution in [3.8, 4) is 5.75 Å². The molecule has 9 heteroatoms. The fourth-order valence-electron chi connectivity index (χ4n) is 2.85. The van der Waals surface area contributed by atoms with Gasteiger partial charge in [-0.15, -0.1) is 0 Å². The molecule has 0 aliphatic rings. The van der Waals surface area contributed by atoms with E-state index in [0.717, 1.165) is 11.6 Å². The van der Waals surface area contributed by atoms with E-state index >= 15 is 0 Å². The molecule has 166 valence electrons. The van der Waals surface area contributed by atoms with Crippen LogP contribution >= 0.6 is 34.8 Å². The predicted octanol–water partition coefficient (Wildman–Crippen LogP) is 6.40. The third-order valence-electron chi connectivity index (χ3n) is 4.50. The van der Waals surface area contributed by atoms with Gasteiger partial charge in [-0.2, -0.15) is 4.31 Å². The van der Waals surface area contributed by atoms with E-state index in [2.05, 4.69) is 0 Å². The van der Waals surface area contributed by atoms with Crippen molar-refractivity contribution < 1.29 is 17.9 Å². The Labute approximate surface area is 201 Å². The maximum atomic E-state index is 13.4. The van der Waals surface area contributed by atoms with E-state index in [1.807, 2.05) is 6.92 Å². The van der Waals surface area contributed by atoms with E-state index in [1.165, 1.54) is 49.6 Å². The second kappa shape index (κ2) is 9.96. The van der Waals surface area contributed by atoms with Crippen molar-refractivity contribution in [2.24, 2.45) is 0 Å². The molecular weight excluding hydrogens is 493 g/mol. The molecule has 0 bridgehead atoms. The largest absolute Gasteiger partial charge is 0.495 e. The number of anilines is 1. The number of hydrogen-bond acceptors (Lipinski definition) is 4. The van der Waals surface area contributed by atoms with Crippen molar-refractivity contribution in [3.63, 3.8) is 0 Å². The SMILES string of the molecule is COc1ccc(N(C(=O)/C=C/c2ccc(Cl)cc2Cl)S(=O)(=O)c2ccc(C)cc2)cc1Cl. The number of rotatable bonds is 6. The minimum Gasteiger partial charge on any atom is -0.495 e. The monoisotopic (exact) mass is 509 g/mol. The molecule has 3 aromatic carbocycles. The number of hydrogen-bond donors (Lipinski definition) is 0. The van der Waals surface area contributed by atoms with E-state index in [4.69, 9.17) is 39.5 Å². The minimum absolute atomic E-state index is 0.0404. The highest BCUT2D eigenvalue weighted by Crippen LogP contribution is 2.32. The second-order valence-electron chi connectivity index (χ2n) is 6.74. The zero-order chi connectivity index (χ0) is 23.5. The molecule has 0 unspecified atom stereocenters. The number of benzene rings is 3. The molecule has 0 spiro atoms.